The second-order valence-corrected chi connectivity index (χ2v) is 6.15. The van der Waals surface area contributed by atoms with E-state index in [9.17, 15) is 13.2 Å². The van der Waals surface area contributed by atoms with E-state index in [0.717, 1.165) is 5.57 Å². The predicted octanol–water partition coefficient (Wildman–Crippen LogP) is 5.00. The van der Waals surface area contributed by atoms with Crippen LogP contribution in [0.2, 0.25) is 0 Å². The second kappa shape index (κ2) is 6.29. The van der Waals surface area contributed by atoms with Crippen LogP contribution in [0.15, 0.2) is 48.6 Å². The van der Waals surface area contributed by atoms with Gasteiger partial charge in [0.25, 0.3) is 0 Å². The summed E-state index contributed by atoms with van der Waals surface area (Å²) in [6, 6.07) is 6.97. The molecule has 1 unspecified atom stereocenters. The van der Waals surface area contributed by atoms with E-state index < -0.39 is 17.5 Å². The number of nitrogens with two attached hydrogens (primary N) is 1. The van der Waals surface area contributed by atoms with Crippen molar-refractivity contribution < 1.29 is 13.2 Å². The molecule has 1 aliphatic carbocycles. The highest BCUT2D eigenvalue weighted by atomic mass is 19.1. The molecular formula is C20H18F3N. The fourth-order valence-corrected chi connectivity index (χ4v) is 2.82. The predicted molar refractivity (Wildman–Crippen MR) is 90.7 cm³/mol. The SMILES string of the molecule is Cc1c(F)ccc(-c2ccc(C3=CC(C)[C@@H](N)C=C3)c(F)c2)c1F. The van der Waals surface area contributed by atoms with Crippen LogP contribution in [0, 0.1) is 30.3 Å². The molecule has 0 spiro atoms. The topological polar surface area (TPSA) is 26.0 Å². The van der Waals surface area contributed by atoms with Crippen LogP contribution in [0.3, 0.4) is 0 Å². The largest absolute Gasteiger partial charge is 0.324 e. The molecule has 2 N–H and O–H groups in total. The Morgan fingerprint density at radius 1 is 0.958 bits per heavy atom. The van der Waals surface area contributed by atoms with Crippen molar-refractivity contribution in [3.05, 3.63) is 77.1 Å². The van der Waals surface area contributed by atoms with Crippen LogP contribution in [0.25, 0.3) is 16.7 Å². The molecule has 2 aromatic carbocycles. The highest BCUT2D eigenvalue weighted by molar-refractivity contribution is 5.78. The average molecular weight is 329 g/mol. The van der Waals surface area contributed by atoms with Crippen LogP contribution >= 0.6 is 0 Å². The number of hydrogen-bond donors (Lipinski definition) is 1. The third-order valence-electron chi connectivity index (χ3n) is 4.46. The van der Waals surface area contributed by atoms with E-state index in [1.807, 2.05) is 19.1 Å². The Morgan fingerprint density at radius 2 is 1.67 bits per heavy atom. The van der Waals surface area contributed by atoms with Gasteiger partial charge >= 0.3 is 0 Å². The van der Waals surface area contributed by atoms with Crippen molar-refractivity contribution in [3.63, 3.8) is 0 Å². The van der Waals surface area contributed by atoms with E-state index in [2.05, 4.69) is 0 Å². The third-order valence-corrected chi connectivity index (χ3v) is 4.46. The number of rotatable bonds is 2. The standard InChI is InChI=1S/C20H18F3N/c1-11-9-13(4-8-19(11)24)15-5-3-14(10-18(15)22)16-6-7-17(21)12(2)20(16)23/h3-11,19H,24H2,1-2H3/t11?,19-/m0/s1. The van der Waals surface area contributed by atoms with E-state index in [4.69, 9.17) is 5.73 Å². The number of halogens is 3. The van der Waals surface area contributed by atoms with Crippen LogP contribution in [0.4, 0.5) is 13.2 Å². The maximum atomic E-state index is 14.6. The van der Waals surface area contributed by atoms with Crippen molar-refractivity contribution in [1.82, 2.24) is 0 Å². The lowest BCUT2D eigenvalue weighted by molar-refractivity contribution is 0.570. The average Bonchev–Trinajstić information content (AvgIpc) is 2.55. The van der Waals surface area contributed by atoms with Crippen molar-refractivity contribution in [1.29, 1.82) is 0 Å². The third kappa shape index (κ3) is 2.89. The molecule has 0 amide bonds. The Labute approximate surface area is 139 Å². The number of hydrogen-bond acceptors (Lipinski definition) is 1. The highest BCUT2D eigenvalue weighted by Gasteiger charge is 2.17. The molecule has 0 saturated carbocycles. The van der Waals surface area contributed by atoms with Crippen molar-refractivity contribution in [2.24, 2.45) is 11.7 Å². The summed E-state index contributed by atoms with van der Waals surface area (Å²) in [7, 11) is 0. The Bertz CT molecular complexity index is 852. The molecule has 0 aliphatic heterocycles. The van der Waals surface area contributed by atoms with Crippen LogP contribution in [0.5, 0.6) is 0 Å². The first-order valence-electron chi connectivity index (χ1n) is 7.79. The van der Waals surface area contributed by atoms with E-state index >= 15 is 0 Å². The van der Waals surface area contributed by atoms with Gasteiger partial charge in [-0.1, -0.05) is 37.3 Å². The van der Waals surface area contributed by atoms with Gasteiger partial charge in [0.15, 0.2) is 0 Å². The molecule has 3 rings (SSSR count). The molecule has 1 aliphatic rings. The van der Waals surface area contributed by atoms with Crippen LogP contribution in [-0.4, -0.2) is 6.04 Å². The van der Waals surface area contributed by atoms with Crippen molar-refractivity contribution in [2.75, 3.05) is 0 Å². The summed E-state index contributed by atoms with van der Waals surface area (Å²) in [6.07, 6.45) is 5.56. The van der Waals surface area contributed by atoms with Crippen molar-refractivity contribution >= 4 is 5.57 Å². The van der Waals surface area contributed by atoms with Gasteiger partial charge in [-0.05, 0) is 42.2 Å². The molecule has 1 nitrogen and oxygen atoms in total. The first-order chi connectivity index (χ1) is 11.4. The van der Waals surface area contributed by atoms with Gasteiger partial charge in [-0.15, -0.1) is 0 Å². The van der Waals surface area contributed by atoms with Crippen molar-refractivity contribution in [2.45, 2.75) is 19.9 Å². The summed E-state index contributed by atoms with van der Waals surface area (Å²) < 4.78 is 42.2. The van der Waals surface area contributed by atoms with Crippen LogP contribution in [-0.2, 0) is 0 Å². The van der Waals surface area contributed by atoms with E-state index in [0.29, 0.717) is 11.1 Å². The van der Waals surface area contributed by atoms with Crippen molar-refractivity contribution in [3.8, 4) is 11.1 Å². The Morgan fingerprint density at radius 3 is 2.33 bits per heavy atom. The maximum Gasteiger partial charge on any atom is 0.136 e. The van der Waals surface area contributed by atoms with Gasteiger partial charge in [-0.2, -0.15) is 0 Å². The summed E-state index contributed by atoms with van der Waals surface area (Å²) in [5.41, 5.74) is 7.58. The Hall–Kier alpha value is -2.33. The second-order valence-electron chi connectivity index (χ2n) is 6.15. The summed E-state index contributed by atoms with van der Waals surface area (Å²) in [5, 5.41) is 0. The fraction of sp³-hybridized carbons (Fsp3) is 0.200. The highest BCUT2D eigenvalue weighted by Crippen LogP contribution is 2.31. The Kier molecular flexibility index (Phi) is 4.33. The van der Waals surface area contributed by atoms with Gasteiger partial charge in [-0.3, -0.25) is 0 Å². The van der Waals surface area contributed by atoms with E-state index in [-0.39, 0.29) is 23.1 Å². The molecule has 0 fully saturated rings. The Balaban J connectivity index is 2.01. The zero-order chi connectivity index (χ0) is 17.4. The molecule has 0 heterocycles. The zero-order valence-electron chi connectivity index (χ0n) is 13.5. The minimum Gasteiger partial charge on any atom is -0.324 e. The molecule has 0 aromatic heterocycles. The lowest BCUT2D eigenvalue weighted by Gasteiger charge is -2.19. The number of benzene rings is 2. The summed E-state index contributed by atoms with van der Waals surface area (Å²) in [6.45, 7) is 3.33. The molecular weight excluding hydrogens is 311 g/mol. The molecule has 2 aromatic rings. The summed E-state index contributed by atoms with van der Waals surface area (Å²) in [5.74, 6) is -1.62. The van der Waals surface area contributed by atoms with Gasteiger partial charge in [-0.25, -0.2) is 13.2 Å². The first kappa shape index (κ1) is 16.5. The minimum atomic E-state index is -0.668. The first-order valence-corrected chi connectivity index (χ1v) is 7.79. The van der Waals surface area contributed by atoms with Gasteiger partial charge in [0.1, 0.15) is 17.5 Å². The van der Waals surface area contributed by atoms with Gasteiger partial charge in [0.2, 0.25) is 0 Å². The molecule has 4 heteroatoms. The molecule has 0 radical (unpaired) electrons. The summed E-state index contributed by atoms with van der Waals surface area (Å²) in [4.78, 5) is 0. The smallest absolute Gasteiger partial charge is 0.136 e. The van der Waals surface area contributed by atoms with E-state index in [1.54, 1.807) is 18.2 Å². The molecule has 0 bridgehead atoms. The van der Waals surface area contributed by atoms with Crippen LogP contribution < -0.4 is 5.73 Å². The zero-order valence-corrected chi connectivity index (χ0v) is 13.5. The maximum absolute atomic E-state index is 14.6. The quantitative estimate of drug-likeness (QED) is 0.825. The monoisotopic (exact) mass is 329 g/mol. The molecule has 24 heavy (non-hydrogen) atoms. The lowest BCUT2D eigenvalue weighted by Crippen LogP contribution is -2.26. The summed E-state index contributed by atoms with van der Waals surface area (Å²) >= 11 is 0. The van der Waals surface area contributed by atoms with Gasteiger partial charge < -0.3 is 5.73 Å². The number of allylic oxidation sites excluding steroid dienone is 2. The van der Waals surface area contributed by atoms with E-state index in [1.165, 1.54) is 25.1 Å². The van der Waals surface area contributed by atoms with Gasteiger partial charge in [0.05, 0.1) is 0 Å². The molecule has 124 valence electrons. The normalized spacial score (nSPS) is 20.2. The molecule has 0 saturated heterocycles. The molecule has 2 atom stereocenters. The minimum absolute atomic E-state index is 0.0716. The fourth-order valence-electron chi connectivity index (χ4n) is 2.82. The van der Waals surface area contributed by atoms with Crippen LogP contribution in [0.1, 0.15) is 18.1 Å². The lowest BCUT2D eigenvalue weighted by atomic mass is 9.89. The van der Waals surface area contributed by atoms with Gasteiger partial charge in [0, 0.05) is 22.7 Å².